The van der Waals surface area contributed by atoms with Crippen molar-refractivity contribution in [3.63, 3.8) is 0 Å². The zero-order valence-electron chi connectivity index (χ0n) is 10.9. The second-order valence-corrected chi connectivity index (χ2v) is 5.49. The Morgan fingerprint density at radius 3 is 2.25 bits per heavy atom. The number of benzene rings is 1. The Morgan fingerprint density at radius 1 is 1.19 bits per heavy atom. The third kappa shape index (κ3) is 3.86. The van der Waals surface area contributed by atoms with Crippen molar-refractivity contribution >= 4 is 5.69 Å². The smallest absolute Gasteiger partial charge is 0.0314 e. The summed E-state index contributed by atoms with van der Waals surface area (Å²) in [5.74, 6) is 0.686. The largest absolute Gasteiger partial charge is 0.399 e. The lowest BCUT2D eigenvalue weighted by Crippen LogP contribution is -2.33. The summed E-state index contributed by atoms with van der Waals surface area (Å²) in [5.41, 5.74) is 8.10. The van der Waals surface area contributed by atoms with Crippen LogP contribution in [-0.2, 0) is 6.54 Å². The van der Waals surface area contributed by atoms with E-state index in [0.29, 0.717) is 11.3 Å². The number of hydrogen-bond acceptors (Lipinski definition) is 2. The van der Waals surface area contributed by atoms with Crippen LogP contribution in [0, 0.1) is 11.3 Å². The molecule has 0 aromatic heterocycles. The second kappa shape index (κ2) is 5.35. The van der Waals surface area contributed by atoms with Crippen LogP contribution in [0.1, 0.15) is 33.3 Å². The van der Waals surface area contributed by atoms with Crippen LogP contribution in [-0.4, -0.2) is 6.54 Å². The van der Waals surface area contributed by atoms with Crippen molar-refractivity contribution in [1.29, 1.82) is 0 Å². The van der Waals surface area contributed by atoms with Crippen molar-refractivity contribution in [2.24, 2.45) is 11.3 Å². The Bertz CT molecular complexity index is 312. The van der Waals surface area contributed by atoms with Crippen LogP contribution >= 0.6 is 0 Å². The summed E-state index contributed by atoms with van der Waals surface area (Å²) in [6.07, 6.45) is 0. The van der Waals surface area contributed by atoms with Crippen LogP contribution in [0.4, 0.5) is 5.69 Å². The highest BCUT2D eigenvalue weighted by atomic mass is 14.9. The average molecular weight is 220 g/mol. The molecule has 2 nitrogen and oxygen atoms in total. The van der Waals surface area contributed by atoms with Gasteiger partial charge in [0.25, 0.3) is 0 Å². The van der Waals surface area contributed by atoms with Gasteiger partial charge in [-0.3, -0.25) is 0 Å². The van der Waals surface area contributed by atoms with Crippen LogP contribution in [0.15, 0.2) is 24.3 Å². The van der Waals surface area contributed by atoms with E-state index in [4.69, 9.17) is 5.73 Å². The normalized spacial score (nSPS) is 12.1. The van der Waals surface area contributed by atoms with E-state index < -0.39 is 0 Å². The highest BCUT2D eigenvalue weighted by molar-refractivity contribution is 5.39. The van der Waals surface area contributed by atoms with E-state index in [1.54, 1.807) is 0 Å². The molecule has 0 aliphatic rings. The van der Waals surface area contributed by atoms with Gasteiger partial charge in [0.15, 0.2) is 0 Å². The first kappa shape index (κ1) is 13.0. The Morgan fingerprint density at radius 2 is 1.75 bits per heavy atom. The lowest BCUT2D eigenvalue weighted by molar-refractivity contribution is 0.238. The number of nitrogens with two attached hydrogens (primary N) is 1. The van der Waals surface area contributed by atoms with Crippen molar-refractivity contribution in [1.82, 2.24) is 5.32 Å². The number of hydrogen-bond donors (Lipinski definition) is 2. The summed E-state index contributed by atoms with van der Waals surface area (Å²) in [6, 6.07) is 8.05. The fourth-order valence-electron chi connectivity index (χ4n) is 1.37. The molecule has 0 unspecified atom stereocenters. The fourth-order valence-corrected chi connectivity index (χ4v) is 1.37. The zero-order chi connectivity index (χ0) is 12.2. The topological polar surface area (TPSA) is 38.0 Å². The lowest BCUT2D eigenvalue weighted by atomic mass is 9.81. The van der Waals surface area contributed by atoms with E-state index >= 15 is 0 Å². The number of nitrogen functional groups attached to an aromatic ring is 1. The van der Waals surface area contributed by atoms with Crippen LogP contribution in [0.2, 0.25) is 0 Å². The predicted molar refractivity (Wildman–Crippen MR) is 71.2 cm³/mol. The Hall–Kier alpha value is -1.02. The molecule has 90 valence electrons. The quantitative estimate of drug-likeness (QED) is 0.748. The van der Waals surface area contributed by atoms with Gasteiger partial charge in [-0.1, -0.05) is 39.8 Å². The maximum Gasteiger partial charge on any atom is 0.0314 e. The molecule has 1 aromatic carbocycles. The van der Waals surface area contributed by atoms with Gasteiger partial charge in [-0.2, -0.15) is 0 Å². The highest BCUT2D eigenvalue weighted by Gasteiger charge is 2.21. The van der Waals surface area contributed by atoms with Crippen LogP contribution in [0.5, 0.6) is 0 Å². The molecule has 0 saturated heterocycles. The van der Waals surface area contributed by atoms with Gasteiger partial charge in [-0.25, -0.2) is 0 Å². The summed E-state index contributed by atoms with van der Waals surface area (Å²) in [6.45, 7) is 11.1. The van der Waals surface area contributed by atoms with E-state index in [-0.39, 0.29) is 0 Å². The van der Waals surface area contributed by atoms with Gasteiger partial charge in [0, 0.05) is 18.8 Å². The van der Waals surface area contributed by atoms with Gasteiger partial charge in [0.05, 0.1) is 0 Å². The standard InChI is InChI=1S/C14H24N2/c1-11(2)14(3,4)10-16-9-12-5-7-13(15)8-6-12/h5-8,11,16H,9-10,15H2,1-4H3. The minimum atomic E-state index is 0.341. The molecule has 3 N–H and O–H groups in total. The molecule has 1 rings (SSSR count). The molecular formula is C14H24N2. The van der Waals surface area contributed by atoms with Crippen molar-refractivity contribution in [3.05, 3.63) is 29.8 Å². The first-order valence-electron chi connectivity index (χ1n) is 5.97. The highest BCUT2D eigenvalue weighted by Crippen LogP contribution is 2.24. The van der Waals surface area contributed by atoms with E-state index in [0.717, 1.165) is 18.8 Å². The Balaban J connectivity index is 2.39. The molecule has 0 saturated carbocycles. The van der Waals surface area contributed by atoms with Crippen molar-refractivity contribution in [3.8, 4) is 0 Å². The summed E-state index contributed by atoms with van der Waals surface area (Å²) in [5, 5.41) is 3.50. The molecule has 2 heteroatoms. The first-order valence-corrected chi connectivity index (χ1v) is 5.97. The summed E-state index contributed by atoms with van der Waals surface area (Å²) < 4.78 is 0. The Labute approximate surface area is 99.2 Å². The molecule has 0 aliphatic heterocycles. The minimum absolute atomic E-state index is 0.341. The average Bonchev–Trinajstić information content (AvgIpc) is 2.20. The molecular weight excluding hydrogens is 196 g/mol. The van der Waals surface area contributed by atoms with Crippen LogP contribution in [0.25, 0.3) is 0 Å². The summed E-state index contributed by atoms with van der Waals surface area (Å²) >= 11 is 0. The number of rotatable bonds is 5. The van der Waals surface area contributed by atoms with Crippen LogP contribution < -0.4 is 11.1 Å². The van der Waals surface area contributed by atoms with Crippen LogP contribution in [0.3, 0.4) is 0 Å². The van der Waals surface area contributed by atoms with Crippen molar-refractivity contribution < 1.29 is 0 Å². The molecule has 0 amide bonds. The first-order chi connectivity index (χ1) is 7.42. The van der Waals surface area contributed by atoms with Gasteiger partial charge >= 0.3 is 0 Å². The number of nitrogens with one attached hydrogen (secondary N) is 1. The molecule has 16 heavy (non-hydrogen) atoms. The molecule has 0 heterocycles. The van der Waals surface area contributed by atoms with Crippen molar-refractivity contribution in [2.45, 2.75) is 34.2 Å². The lowest BCUT2D eigenvalue weighted by Gasteiger charge is -2.29. The monoisotopic (exact) mass is 220 g/mol. The molecule has 0 spiro atoms. The van der Waals surface area contributed by atoms with Gasteiger partial charge in [0.1, 0.15) is 0 Å². The van der Waals surface area contributed by atoms with Crippen molar-refractivity contribution in [2.75, 3.05) is 12.3 Å². The fraction of sp³-hybridized carbons (Fsp3) is 0.571. The summed E-state index contributed by atoms with van der Waals surface area (Å²) in [4.78, 5) is 0. The predicted octanol–water partition coefficient (Wildman–Crippen LogP) is 3.04. The third-order valence-electron chi connectivity index (χ3n) is 3.45. The van der Waals surface area contributed by atoms with E-state index in [2.05, 4.69) is 45.1 Å². The van der Waals surface area contributed by atoms with E-state index in [1.807, 2.05) is 12.1 Å². The van der Waals surface area contributed by atoms with Gasteiger partial charge < -0.3 is 11.1 Å². The minimum Gasteiger partial charge on any atom is -0.399 e. The van der Waals surface area contributed by atoms with Gasteiger partial charge in [-0.05, 0) is 29.0 Å². The van der Waals surface area contributed by atoms with E-state index in [9.17, 15) is 0 Å². The summed E-state index contributed by atoms with van der Waals surface area (Å²) in [7, 11) is 0. The third-order valence-corrected chi connectivity index (χ3v) is 3.45. The van der Waals surface area contributed by atoms with E-state index in [1.165, 1.54) is 5.56 Å². The SMILES string of the molecule is CC(C)C(C)(C)CNCc1ccc(N)cc1. The molecule has 0 fully saturated rings. The molecule has 1 aromatic rings. The zero-order valence-corrected chi connectivity index (χ0v) is 10.9. The van der Waals surface area contributed by atoms with Gasteiger partial charge in [0.2, 0.25) is 0 Å². The maximum absolute atomic E-state index is 5.64. The molecule has 0 aliphatic carbocycles. The molecule has 0 bridgehead atoms. The van der Waals surface area contributed by atoms with Gasteiger partial charge in [-0.15, -0.1) is 0 Å². The maximum atomic E-state index is 5.64. The second-order valence-electron chi connectivity index (χ2n) is 5.49. The Kier molecular flexibility index (Phi) is 4.36. The molecule has 0 atom stereocenters. The molecule has 0 radical (unpaired) electrons. The number of anilines is 1.